The van der Waals surface area contributed by atoms with Crippen LogP contribution in [0.1, 0.15) is 34.1 Å². The molecule has 1 heteroatoms. The van der Waals surface area contributed by atoms with Gasteiger partial charge in [0.05, 0.1) is 0 Å². The van der Waals surface area contributed by atoms with Crippen molar-refractivity contribution in [2.45, 2.75) is 34.1 Å². The molecule has 2 unspecified atom stereocenters. The summed E-state index contributed by atoms with van der Waals surface area (Å²) >= 11 is 0. The van der Waals surface area contributed by atoms with Crippen LogP contribution in [-0.2, 0) is 4.74 Å². The van der Waals surface area contributed by atoms with Gasteiger partial charge in [-0.1, -0.05) is 27.7 Å². The second-order valence-corrected chi connectivity index (χ2v) is 3.90. The smallest absolute Gasteiger partial charge is 0.115 e. The van der Waals surface area contributed by atoms with E-state index in [4.69, 9.17) is 7.11 Å². The van der Waals surface area contributed by atoms with Crippen LogP contribution in [0.3, 0.4) is 0 Å². The van der Waals surface area contributed by atoms with Crippen molar-refractivity contribution in [2.75, 3.05) is 6.61 Å². The molecule has 0 aliphatic heterocycles. The van der Waals surface area contributed by atoms with Crippen molar-refractivity contribution in [1.82, 2.24) is 0 Å². The van der Waals surface area contributed by atoms with E-state index in [2.05, 4.69) is 32.4 Å². The highest BCUT2D eigenvalue weighted by molar-refractivity contribution is 4.61. The van der Waals surface area contributed by atoms with E-state index in [0.29, 0.717) is 12.5 Å². The van der Waals surface area contributed by atoms with Gasteiger partial charge in [0.2, 0.25) is 0 Å². The largest absolute Gasteiger partial charge is 0.372 e. The second kappa shape index (κ2) is 5.59. The van der Waals surface area contributed by atoms with Gasteiger partial charge < -0.3 is 4.74 Å². The molecule has 0 bridgehead atoms. The first kappa shape index (κ1) is 11.0. The zero-order chi connectivity index (χ0) is 8.85. The lowest BCUT2D eigenvalue weighted by atomic mass is 9.89. The summed E-state index contributed by atoms with van der Waals surface area (Å²) in [5.74, 6) is 2.10. The number of hydrogen-bond donors (Lipinski definition) is 0. The van der Waals surface area contributed by atoms with E-state index in [9.17, 15) is 0 Å². The third kappa shape index (κ3) is 5.25. The third-order valence-electron chi connectivity index (χ3n) is 2.29. The van der Waals surface area contributed by atoms with Crippen molar-refractivity contribution < 1.29 is 4.74 Å². The van der Waals surface area contributed by atoms with Gasteiger partial charge in [-0.15, -0.1) is 0 Å². The normalized spacial score (nSPS) is 16.9. The fraction of sp³-hybridized carbons (Fsp3) is 0.900. The van der Waals surface area contributed by atoms with E-state index in [1.807, 2.05) is 0 Å². The maximum atomic E-state index is 4.98. The van der Waals surface area contributed by atoms with E-state index >= 15 is 0 Å². The molecule has 0 fully saturated rings. The predicted octanol–water partition coefficient (Wildman–Crippen LogP) is 2.99. The van der Waals surface area contributed by atoms with Gasteiger partial charge in [-0.2, -0.15) is 0 Å². The molecule has 0 rings (SSSR count). The molecule has 0 aliphatic carbocycles. The van der Waals surface area contributed by atoms with Gasteiger partial charge in [0.1, 0.15) is 7.11 Å². The van der Waals surface area contributed by atoms with E-state index in [1.165, 1.54) is 6.42 Å². The lowest BCUT2D eigenvalue weighted by Crippen LogP contribution is -2.12. The molecule has 0 aromatic rings. The summed E-state index contributed by atoms with van der Waals surface area (Å²) in [5.41, 5.74) is 0. The van der Waals surface area contributed by atoms with Crippen LogP contribution in [0.25, 0.3) is 0 Å². The Morgan fingerprint density at radius 3 is 2.09 bits per heavy atom. The van der Waals surface area contributed by atoms with Crippen LogP contribution in [0.4, 0.5) is 0 Å². The minimum atomic E-state index is 0.581. The van der Waals surface area contributed by atoms with Crippen LogP contribution >= 0.6 is 0 Å². The molecule has 11 heavy (non-hydrogen) atoms. The summed E-state index contributed by atoms with van der Waals surface area (Å²) in [6, 6.07) is 0. The Hall–Kier alpha value is -0.0400. The molecule has 1 nitrogen and oxygen atoms in total. The minimum absolute atomic E-state index is 0.581. The van der Waals surface area contributed by atoms with Crippen LogP contribution in [0, 0.1) is 24.9 Å². The zero-order valence-corrected chi connectivity index (χ0v) is 8.13. The van der Waals surface area contributed by atoms with Gasteiger partial charge in [-0.25, -0.2) is 0 Å². The first-order chi connectivity index (χ1) is 5.07. The maximum Gasteiger partial charge on any atom is 0.115 e. The third-order valence-corrected chi connectivity index (χ3v) is 2.29. The Bertz CT molecular complexity index is 88.9. The van der Waals surface area contributed by atoms with Crippen molar-refractivity contribution in [3.05, 3.63) is 7.11 Å². The zero-order valence-electron chi connectivity index (χ0n) is 8.13. The Morgan fingerprint density at radius 1 is 1.18 bits per heavy atom. The van der Waals surface area contributed by atoms with Crippen molar-refractivity contribution in [3.63, 3.8) is 0 Å². The van der Waals surface area contributed by atoms with Gasteiger partial charge in [0.25, 0.3) is 0 Å². The molecule has 0 amide bonds. The van der Waals surface area contributed by atoms with Crippen LogP contribution < -0.4 is 0 Å². The van der Waals surface area contributed by atoms with Crippen LogP contribution in [0.15, 0.2) is 0 Å². The summed E-state index contributed by atoms with van der Waals surface area (Å²) in [6.07, 6.45) is 1.20. The summed E-state index contributed by atoms with van der Waals surface area (Å²) in [4.78, 5) is 0. The standard InChI is InChI=1S/C10H20O/c1-8(2)10(4)6-9(3)7-11-5/h5,8-10H,6-7H2,1-4H3. The first-order valence-electron chi connectivity index (χ1n) is 4.39. The molecule has 2 atom stereocenters. The molecule has 0 aliphatic rings. The van der Waals surface area contributed by atoms with Gasteiger partial charge in [-0.3, -0.25) is 0 Å². The van der Waals surface area contributed by atoms with Crippen LogP contribution in [0.2, 0.25) is 0 Å². The highest BCUT2D eigenvalue weighted by Crippen LogP contribution is 2.19. The molecule has 0 aromatic heterocycles. The molecular weight excluding hydrogens is 136 g/mol. The molecule has 66 valence electrons. The molecule has 0 saturated carbocycles. The van der Waals surface area contributed by atoms with E-state index in [1.54, 1.807) is 0 Å². The topological polar surface area (TPSA) is 9.23 Å². The highest BCUT2D eigenvalue weighted by Gasteiger charge is 2.11. The van der Waals surface area contributed by atoms with Gasteiger partial charge >= 0.3 is 0 Å². The first-order valence-corrected chi connectivity index (χ1v) is 4.39. The summed E-state index contributed by atoms with van der Waals surface area (Å²) in [5, 5.41) is 0. The Balaban J connectivity index is 3.48. The highest BCUT2D eigenvalue weighted by atomic mass is 16.5. The summed E-state index contributed by atoms with van der Waals surface area (Å²) < 4.78 is 4.58. The molecule has 0 spiro atoms. The molecule has 0 saturated heterocycles. The Labute approximate surface area is 71.1 Å². The van der Waals surface area contributed by atoms with Crippen molar-refractivity contribution in [1.29, 1.82) is 0 Å². The molecule has 0 heterocycles. The van der Waals surface area contributed by atoms with Crippen molar-refractivity contribution in [2.24, 2.45) is 17.8 Å². The summed E-state index contributed by atoms with van der Waals surface area (Å²) in [7, 11) is 4.98. The van der Waals surface area contributed by atoms with Crippen molar-refractivity contribution >= 4 is 0 Å². The lowest BCUT2D eigenvalue weighted by Gasteiger charge is -2.19. The lowest BCUT2D eigenvalue weighted by molar-refractivity contribution is 0.172. The van der Waals surface area contributed by atoms with Crippen molar-refractivity contribution in [3.8, 4) is 0 Å². The van der Waals surface area contributed by atoms with Crippen LogP contribution in [0.5, 0.6) is 0 Å². The fourth-order valence-electron chi connectivity index (χ4n) is 1.14. The summed E-state index contributed by atoms with van der Waals surface area (Å²) in [6.45, 7) is 9.63. The average Bonchev–Trinajstić information content (AvgIpc) is 1.87. The number of rotatable bonds is 5. The monoisotopic (exact) mass is 156 g/mol. The second-order valence-electron chi connectivity index (χ2n) is 3.90. The SMILES string of the molecule is [CH]OCC(C)CC(C)C(C)C. The molecule has 2 radical (unpaired) electrons. The Kier molecular flexibility index (Phi) is 5.57. The minimum Gasteiger partial charge on any atom is -0.372 e. The average molecular weight is 156 g/mol. The van der Waals surface area contributed by atoms with E-state index in [0.717, 1.165) is 11.8 Å². The Morgan fingerprint density at radius 2 is 1.73 bits per heavy atom. The molecular formula is C10H20O. The van der Waals surface area contributed by atoms with Gasteiger partial charge in [0.15, 0.2) is 0 Å². The number of hydrogen-bond acceptors (Lipinski definition) is 1. The van der Waals surface area contributed by atoms with Crippen LogP contribution in [-0.4, -0.2) is 6.61 Å². The molecule has 0 aromatic carbocycles. The number of ether oxygens (including phenoxy) is 1. The fourth-order valence-corrected chi connectivity index (χ4v) is 1.14. The maximum absolute atomic E-state index is 4.98. The van der Waals surface area contributed by atoms with E-state index < -0.39 is 0 Å². The van der Waals surface area contributed by atoms with Gasteiger partial charge in [0, 0.05) is 6.61 Å². The molecule has 0 N–H and O–H groups in total. The van der Waals surface area contributed by atoms with Gasteiger partial charge in [-0.05, 0) is 24.2 Å². The van der Waals surface area contributed by atoms with E-state index in [-0.39, 0.29) is 0 Å². The predicted molar refractivity (Wildman–Crippen MR) is 48.0 cm³/mol. The quantitative estimate of drug-likeness (QED) is 0.594.